The van der Waals surface area contributed by atoms with Crippen LogP contribution in [0.3, 0.4) is 0 Å². The number of rotatable bonds is 6. The summed E-state index contributed by atoms with van der Waals surface area (Å²) in [4.78, 5) is 25.1. The molecule has 0 aliphatic carbocycles. The monoisotopic (exact) mass is 324 g/mol. The molecule has 0 fully saturated rings. The molecule has 2 unspecified atom stereocenters. The number of carbonyl (C=O) groups excluding carboxylic acids is 2. The Morgan fingerprint density at radius 3 is 2.25 bits per heavy atom. The second-order valence-corrected chi connectivity index (χ2v) is 6.01. The van der Waals surface area contributed by atoms with Crippen LogP contribution in [-0.4, -0.2) is 17.9 Å². The number of para-hydroxylation sites is 1. The van der Waals surface area contributed by atoms with Crippen molar-refractivity contribution in [3.63, 3.8) is 0 Å². The van der Waals surface area contributed by atoms with Gasteiger partial charge in [-0.15, -0.1) is 0 Å². The summed E-state index contributed by atoms with van der Waals surface area (Å²) in [5, 5.41) is 5.80. The van der Waals surface area contributed by atoms with Crippen molar-refractivity contribution in [2.45, 2.75) is 33.2 Å². The molecule has 126 valence electrons. The summed E-state index contributed by atoms with van der Waals surface area (Å²) in [6.45, 7) is 5.91. The van der Waals surface area contributed by atoms with Crippen LogP contribution in [-0.2, 0) is 4.79 Å². The minimum absolute atomic E-state index is 0.0293. The van der Waals surface area contributed by atoms with Gasteiger partial charge in [-0.2, -0.15) is 0 Å². The summed E-state index contributed by atoms with van der Waals surface area (Å²) < 4.78 is 0. The van der Waals surface area contributed by atoms with Crippen LogP contribution in [0.2, 0.25) is 0 Å². The van der Waals surface area contributed by atoms with Gasteiger partial charge in [0.2, 0.25) is 5.91 Å². The number of hydrogen-bond donors (Lipinski definition) is 2. The average molecular weight is 324 g/mol. The Bertz CT molecular complexity index is 698. The SMILES string of the molecule is CCC(C)C(NC(=O)c1ccccc1)C(=O)Nc1ccccc1C. The molecule has 0 aliphatic rings. The highest BCUT2D eigenvalue weighted by molar-refractivity contribution is 6.01. The van der Waals surface area contributed by atoms with E-state index in [2.05, 4.69) is 10.6 Å². The Kier molecular flexibility index (Phi) is 6.13. The van der Waals surface area contributed by atoms with Gasteiger partial charge >= 0.3 is 0 Å². The number of hydrogen-bond acceptors (Lipinski definition) is 2. The summed E-state index contributed by atoms with van der Waals surface area (Å²) >= 11 is 0. The van der Waals surface area contributed by atoms with Gasteiger partial charge in [0.1, 0.15) is 6.04 Å². The van der Waals surface area contributed by atoms with Crippen LogP contribution >= 0.6 is 0 Å². The standard InChI is InChI=1S/C20H24N2O2/c1-4-14(2)18(22-19(23)16-11-6-5-7-12-16)20(24)21-17-13-9-8-10-15(17)3/h5-14,18H,4H2,1-3H3,(H,21,24)(H,22,23). The van der Waals surface area contributed by atoms with Gasteiger partial charge in [-0.1, -0.05) is 56.7 Å². The topological polar surface area (TPSA) is 58.2 Å². The van der Waals surface area contributed by atoms with E-state index in [0.29, 0.717) is 5.56 Å². The Balaban J connectivity index is 2.14. The lowest BCUT2D eigenvalue weighted by molar-refractivity contribution is -0.119. The summed E-state index contributed by atoms with van der Waals surface area (Å²) in [5.41, 5.74) is 2.31. The van der Waals surface area contributed by atoms with Gasteiger partial charge in [-0.05, 0) is 36.6 Å². The Morgan fingerprint density at radius 2 is 1.62 bits per heavy atom. The van der Waals surface area contributed by atoms with Crippen LogP contribution in [0.5, 0.6) is 0 Å². The van der Waals surface area contributed by atoms with Crippen LogP contribution in [0.25, 0.3) is 0 Å². The van der Waals surface area contributed by atoms with Crippen molar-refractivity contribution < 1.29 is 9.59 Å². The predicted octanol–water partition coefficient (Wildman–Crippen LogP) is 3.78. The molecule has 2 atom stereocenters. The molecule has 0 aromatic heterocycles. The fourth-order valence-electron chi connectivity index (χ4n) is 2.44. The maximum atomic E-state index is 12.7. The second kappa shape index (κ2) is 8.29. The molecular formula is C20H24N2O2. The number of amides is 2. The summed E-state index contributed by atoms with van der Waals surface area (Å²) in [6, 6.07) is 16.0. The van der Waals surface area contributed by atoms with Crippen LogP contribution < -0.4 is 10.6 Å². The molecule has 0 spiro atoms. The van der Waals surface area contributed by atoms with Gasteiger partial charge in [0.15, 0.2) is 0 Å². The zero-order valence-corrected chi connectivity index (χ0v) is 14.4. The van der Waals surface area contributed by atoms with Crippen molar-refractivity contribution in [2.24, 2.45) is 5.92 Å². The van der Waals surface area contributed by atoms with Gasteiger partial charge in [0.05, 0.1) is 0 Å². The first-order valence-electron chi connectivity index (χ1n) is 8.25. The second-order valence-electron chi connectivity index (χ2n) is 6.01. The smallest absolute Gasteiger partial charge is 0.251 e. The molecular weight excluding hydrogens is 300 g/mol. The van der Waals surface area contributed by atoms with E-state index >= 15 is 0 Å². The van der Waals surface area contributed by atoms with E-state index in [-0.39, 0.29) is 17.7 Å². The van der Waals surface area contributed by atoms with Crippen molar-refractivity contribution in [1.82, 2.24) is 5.32 Å². The lowest BCUT2D eigenvalue weighted by Gasteiger charge is -2.24. The van der Waals surface area contributed by atoms with Crippen molar-refractivity contribution >= 4 is 17.5 Å². The van der Waals surface area contributed by atoms with Crippen molar-refractivity contribution in [3.8, 4) is 0 Å². The normalized spacial score (nSPS) is 13.0. The zero-order valence-electron chi connectivity index (χ0n) is 14.4. The van der Waals surface area contributed by atoms with E-state index < -0.39 is 6.04 Å². The molecule has 0 heterocycles. The summed E-state index contributed by atoms with van der Waals surface area (Å²) in [6.07, 6.45) is 0.793. The molecule has 4 nitrogen and oxygen atoms in total. The van der Waals surface area contributed by atoms with E-state index in [4.69, 9.17) is 0 Å². The highest BCUT2D eigenvalue weighted by Gasteiger charge is 2.26. The maximum Gasteiger partial charge on any atom is 0.251 e. The predicted molar refractivity (Wildman–Crippen MR) is 97.0 cm³/mol. The number of nitrogens with one attached hydrogen (secondary N) is 2. The molecule has 0 bridgehead atoms. The molecule has 24 heavy (non-hydrogen) atoms. The summed E-state index contributed by atoms with van der Waals surface area (Å²) in [7, 11) is 0. The molecule has 0 saturated heterocycles. The van der Waals surface area contributed by atoms with E-state index in [1.165, 1.54) is 0 Å². The lowest BCUT2D eigenvalue weighted by Crippen LogP contribution is -2.47. The van der Waals surface area contributed by atoms with Gasteiger partial charge in [0.25, 0.3) is 5.91 Å². The molecule has 2 aromatic rings. The molecule has 2 aromatic carbocycles. The lowest BCUT2D eigenvalue weighted by atomic mass is 9.97. The number of benzene rings is 2. The minimum Gasteiger partial charge on any atom is -0.340 e. The molecule has 0 saturated carbocycles. The maximum absolute atomic E-state index is 12.7. The van der Waals surface area contributed by atoms with Crippen LogP contribution in [0.1, 0.15) is 36.2 Å². The quantitative estimate of drug-likeness (QED) is 0.849. The molecule has 2 rings (SSSR count). The van der Waals surface area contributed by atoms with Crippen LogP contribution in [0.15, 0.2) is 54.6 Å². The van der Waals surface area contributed by atoms with Gasteiger partial charge in [0, 0.05) is 11.3 Å². The highest BCUT2D eigenvalue weighted by atomic mass is 16.2. The fraction of sp³-hybridized carbons (Fsp3) is 0.300. The average Bonchev–Trinajstić information content (AvgIpc) is 2.61. The minimum atomic E-state index is -0.581. The van der Waals surface area contributed by atoms with Crippen molar-refractivity contribution in [1.29, 1.82) is 0 Å². The summed E-state index contributed by atoms with van der Waals surface area (Å²) in [5.74, 6) is -0.398. The number of anilines is 1. The Morgan fingerprint density at radius 1 is 1.00 bits per heavy atom. The van der Waals surface area contributed by atoms with E-state index in [9.17, 15) is 9.59 Å². The fourth-order valence-corrected chi connectivity index (χ4v) is 2.44. The van der Waals surface area contributed by atoms with Gasteiger partial charge in [-0.25, -0.2) is 0 Å². The first-order valence-corrected chi connectivity index (χ1v) is 8.25. The first-order chi connectivity index (χ1) is 11.5. The molecule has 2 N–H and O–H groups in total. The third-order valence-electron chi connectivity index (χ3n) is 4.22. The van der Waals surface area contributed by atoms with Gasteiger partial charge < -0.3 is 10.6 Å². The Labute approximate surface area is 143 Å². The first kappa shape index (κ1) is 17.7. The van der Waals surface area contributed by atoms with Crippen molar-refractivity contribution in [3.05, 3.63) is 65.7 Å². The molecule has 4 heteroatoms. The van der Waals surface area contributed by atoms with Crippen LogP contribution in [0, 0.1) is 12.8 Å². The van der Waals surface area contributed by atoms with Gasteiger partial charge in [-0.3, -0.25) is 9.59 Å². The highest BCUT2D eigenvalue weighted by Crippen LogP contribution is 2.16. The number of aryl methyl sites for hydroxylation is 1. The van der Waals surface area contributed by atoms with Crippen LogP contribution in [0.4, 0.5) is 5.69 Å². The zero-order chi connectivity index (χ0) is 17.5. The molecule has 0 aliphatic heterocycles. The molecule has 2 amide bonds. The number of carbonyl (C=O) groups is 2. The van der Waals surface area contributed by atoms with E-state index in [1.807, 2.05) is 51.1 Å². The third kappa shape index (κ3) is 4.44. The third-order valence-corrected chi connectivity index (χ3v) is 4.22. The molecule has 0 radical (unpaired) electrons. The van der Waals surface area contributed by atoms with E-state index in [0.717, 1.165) is 17.7 Å². The van der Waals surface area contributed by atoms with Crippen molar-refractivity contribution in [2.75, 3.05) is 5.32 Å². The largest absolute Gasteiger partial charge is 0.340 e. The van der Waals surface area contributed by atoms with E-state index in [1.54, 1.807) is 24.3 Å². The Hall–Kier alpha value is -2.62.